The molecule has 19 heteroatoms. The molecule has 0 bridgehead atoms. The number of aliphatic hydroxyl groups excluding tert-OH is 11. The van der Waals surface area contributed by atoms with Crippen molar-refractivity contribution in [1.82, 2.24) is 5.32 Å². The molecule has 1 amide bonds. The molecule has 0 aromatic rings. The van der Waals surface area contributed by atoms with Crippen LogP contribution in [-0.2, 0) is 33.2 Å². The van der Waals surface area contributed by atoms with Crippen LogP contribution in [0.15, 0.2) is 109 Å². The standard InChI is InChI=1S/C83H143NO18/c1-3-5-7-9-11-13-15-17-19-21-23-25-27-29-30-31-32-33-34-35-36-37-39-41-43-45-47-49-51-53-55-57-59-61-71(89)84-66(67(88)60-58-56-54-52-50-48-46-44-42-40-38-28-26-24-22-20-18-16-14-12-10-8-6-4-2)65-97-81-77(95)74(92)79(69(63-86)99-81)102-83-78(96)75(93)80(70(64-87)100-83)101-82-76(94)73(91)72(90)68(62-85)98-82/h5,7,11,13,17,19,23,25,29-30,32-33,35-36,50,52,58,60,66-70,72-83,85-88,90-96H,3-4,6,8-10,12,14-16,18,20-22,24,26-28,31,34,37-49,51,53-57,59,61-65H2,1-2H3,(H,84,89)/b7-5-,13-11-,19-17-,25-23-,30-29-,33-32-,36-35-,52-50+,60-58+. The highest BCUT2D eigenvalue weighted by atomic mass is 16.8. The van der Waals surface area contributed by atoms with Crippen LogP contribution in [0.2, 0.25) is 0 Å². The fourth-order valence-electron chi connectivity index (χ4n) is 12.9. The van der Waals surface area contributed by atoms with Gasteiger partial charge in [-0.05, 0) is 89.9 Å². The molecule has 3 saturated heterocycles. The fraction of sp³-hybridized carbons (Fsp3) is 0.771. The van der Waals surface area contributed by atoms with Crippen molar-refractivity contribution < 1.29 is 89.4 Å². The molecule has 102 heavy (non-hydrogen) atoms. The number of carbonyl (C=O) groups is 1. The summed E-state index contributed by atoms with van der Waals surface area (Å²) in [7, 11) is 0. The number of aliphatic hydroxyl groups is 11. The highest BCUT2D eigenvalue weighted by Gasteiger charge is 2.54. The van der Waals surface area contributed by atoms with Crippen LogP contribution < -0.4 is 5.32 Å². The Morgan fingerprint density at radius 2 is 0.686 bits per heavy atom. The van der Waals surface area contributed by atoms with Gasteiger partial charge in [-0.25, -0.2) is 0 Å². The summed E-state index contributed by atoms with van der Waals surface area (Å²) < 4.78 is 34.4. The van der Waals surface area contributed by atoms with Crippen LogP contribution in [-0.4, -0.2) is 193 Å². The van der Waals surface area contributed by atoms with Gasteiger partial charge in [0.05, 0.1) is 38.6 Å². The van der Waals surface area contributed by atoms with Crippen LogP contribution >= 0.6 is 0 Å². The third-order valence-electron chi connectivity index (χ3n) is 19.3. The van der Waals surface area contributed by atoms with E-state index in [0.29, 0.717) is 12.8 Å². The highest BCUT2D eigenvalue weighted by molar-refractivity contribution is 5.76. The van der Waals surface area contributed by atoms with E-state index in [1.54, 1.807) is 6.08 Å². The molecule has 0 aromatic heterocycles. The van der Waals surface area contributed by atoms with Gasteiger partial charge in [-0.2, -0.15) is 0 Å². The number of rotatable bonds is 62. The quantitative estimate of drug-likeness (QED) is 0.0199. The first-order valence-electron chi connectivity index (χ1n) is 40.1. The first kappa shape index (κ1) is 92.7. The Morgan fingerprint density at radius 3 is 1.10 bits per heavy atom. The van der Waals surface area contributed by atoms with Crippen molar-refractivity contribution in [2.24, 2.45) is 0 Å². The third kappa shape index (κ3) is 42.1. The van der Waals surface area contributed by atoms with Gasteiger partial charge in [0.1, 0.15) is 73.2 Å². The van der Waals surface area contributed by atoms with Crippen molar-refractivity contribution in [3.8, 4) is 0 Å². The third-order valence-corrected chi connectivity index (χ3v) is 19.3. The molecule has 0 radical (unpaired) electrons. The summed E-state index contributed by atoms with van der Waals surface area (Å²) in [6.45, 7) is 1.62. The van der Waals surface area contributed by atoms with E-state index in [-0.39, 0.29) is 18.9 Å². The summed E-state index contributed by atoms with van der Waals surface area (Å²) in [4.78, 5) is 13.5. The summed E-state index contributed by atoms with van der Waals surface area (Å²) >= 11 is 0. The number of ether oxygens (including phenoxy) is 6. The first-order chi connectivity index (χ1) is 49.8. The largest absolute Gasteiger partial charge is 0.394 e. The Morgan fingerprint density at radius 1 is 0.363 bits per heavy atom. The van der Waals surface area contributed by atoms with Crippen LogP contribution in [0.25, 0.3) is 0 Å². The number of unbranched alkanes of at least 4 members (excludes halogenated alkanes) is 30. The maximum Gasteiger partial charge on any atom is 0.220 e. The predicted molar refractivity (Wildman–Crippen MR) is 406 cm³/mol. The van der Waals surface area contributed by atoms with Gasteiger partial charge in [-0.3, -0.25) is 4.79 Å². The zero-order valence-corrected chi connectivity index (χ0v) is 62.8. The molecule has 19 nitrogen and oxygen atoms in total. The zero-order chi connectivity index (χ0) is 73.9. The van der Waals surface area contributed by atoms with Gasteiger partial charge in [-0.15, -0.1) is 0 Å². The molecule has 3 aliphatic heterocycles. The molecular weight excluding hydrogens is 1300 g/mol. The lowest BCUT2D eigenvalue weighted by atomic mass is 9.96. The van der Waals surface area contributed by atoms with E-state index < -0.39 is 124 Å². The van der Waals surface area contributed by atoms with Gasteiger partial charge in [0.15, 0.2) is 18.9 Å². The van der Waals surface area contributed by atoms with E-state index >= 15 is 0 Å². The van der Waals surface area contributed by atoms with Gasteiger partial charge in [0, 0.05) is 6.42 Å². The molecule has 0 aliphatic carbocycles. The zero-order valence-electron chi connectivity index (χ0n) is 62.8. The second-order valence-electron chi connectivity index (χ2n) is 28.1. The van der Waals surface area contributed by atoms with Crippen molar-refractivity contribution >= 4 is 5.91 Å². The minimum atomic E-state index is -1.99. The summed E-state index contributed by atoms with van der Waals surface area (Å²) in [6.07, 6.45) is 59.2. The van der Waals surface area contributed by atoms with Gasteiger partial charge in [0.25, 0.3) is 0 Å². The average molecular weight is 1440 g/mol. The van der Waals surface area contributed by atoms with Gasteiger partial charge < -0.3 is 89.9 Å². The molecule has 17 atom stereocenters. The lowest BCUT2D eigenvalue weighted by molar-refractivity contribution is -0.379. The smallest absolute Gasteiger partial charge is 0.220 e. The molecule has 0 spiro atoms. The average Bonchev–Trinajstić information content (AvgIpc) is 0.781. The van der Waals surface area contributed by atoms with Crippen LogP contribution in [0.3, 0.4) is 0 Å². The van der Waals surface area contributed by atoms with E-state index in [2.05, 4.69) is 116 Å². The van der Waals surface area contributed by atoms with Crippen LogP contribution in [0.1, 0.15) is 277 Å². The van der Waals surface area contributed by atoms with Crippen molar-refractivity contribution in [2.45, 2.75) is 381 Å². The minimum absolute atomic E-state index is 0.226. The lowest BCUT2D eigenvalue weighted by Crippen LogP contribution is -2.66. The van der Waals surface area contributed by atoms with E-state index in [4.69, 9.17) is 28.4 Å². The minimum Gasteiger partial charge on any atom is -0.394 e. The molecule has 0 aromatic carbocycles. The Labute approximate surface area is 615 Å². The monoisotopic (exact) mass is 1440 g/mol. The van der Waals surface area contributed by atoms with Crippen LogP contribution in [0.5, 0.6) is 0 Å². The molecule has 3 fully saturated rings. The number of amides is 1. The van der Waals surface area contributed by atoms with Gasteiger partial charge >= 0.3 is 0 Å². The molecule has 3 aliphatic rings. The summed E-state index contributed by atoms with van der Waals surface area (Å²) in [5.41, 5.74) is 0. The summed E-state index contributed by atoms with van der Waals surface area (Å²) in [5, 5.41) is 121. The lowest BCUT2D eigenvalue weighted by Gasteiger charge is -2.48. The number of hydrogen-bond donors (Lipinski definition) is 12. The second kappa shape index (κ2) is 62.5. The molecular formula is C83H143NO18. The maximum absolute atomic E-state index is 13.5. The highest BCUT2D eigenvalue weighted by Crippen LogP contribution is 2.33. The molecule has 17 unspecified atom stereocenters. The normalized spacial score (nSPS) is 26.8. The van der Waals surface area contributed by atoms with E-state index in [9.17, 15) is 61.0 Å². The predicted octanol–water partition coefficient (Wildman–Crippen LogP) is 13.3. The van der Waals surface area contributed by atoms with Crippen molar-refractivity contribution in [3.63, 3.8) is 0 Å². The van der Waals surface area contributed by atoms with E-state index in [0.717, 1.165) is 96.3 Å². The Balaban J connectivity index is 1.39. The number of nitrogens with one attached hydrogen (secondary N) is 1. The van der Waals surface area contributed by atoms with E-state index in [1.807, 2.05) is 6.08 Å². The fourth-order valence-corrected chi connectivity index (χ4v) is 12.9. The molecule has 3 heterocycles. The number of hydrogen-bond acceptors (Lipinski definition) is 18. The Hall–Kier alpha value is -3.55. The summed E-state index contributed by atoms with van der Waals surface area (Å²) in [5.74, 6) is -0.291. The SMILES string of the molecule is CC/C=C\C/C=C\C/C=C\C/C=C\C/C=C\C/C=C\C/C=C\CCCCCCCCCCCCCC(=O)NC(COC1OC(CO)C(OC2OC(CO)C(OC3OC(CO)C(O)C(O)C3O)C(O)C2O)C(O)C1O)C(O)/C=C/CC/C=C/CCCCCCCCCCCCCCCCCCCC. The van der Waals surface area contributed by atoms with Crippen molar-refractivity contribution in [3.05, 3.63) is 109 Å². The van der Waals surface area contributed by atoms with Crippen LogP contribution in [0.4, 0.5) is 0 Å². The van der Waals surface area contributed by atoms with Crippen molar-refractivity contribution in [2.75, 3.05) is 26.4 Å². The number of allylic oxidation sites excluding steroid dienone is 17. The number of carbonyl (C=O) groups excluding carboxylic acids is 1. The van der Waals surface area contributed by atoms with E-state index in [1.165, 1.54) is 148 Å². The Bertz CT molecular complexity index is 2270. The maximum atomic E-state index is 13.5. The first-order valence-corrected chi connectivity index (χ1v) is 40.1. The Kier molecular flexibility index (Phi) is 56.8. The molecule has 12 N–H and O–H groups in total. The topological polar surface area (TPSA) is 307 Å². The molecule has 588 valence electrons. The van der Waals surface area contributed by atoms with Gasteiger partial charge in [0.2, 0.25) is 5.91 Å². The molecule has 3 rings (SSSR count). The molecule has 0 saturated carbocycles. The van der Waals surface area contributed by atoms with Crippen LogP contribution in [0, 0.1) is 0 Å². The van der Waals surface area contributed by atoms with Gasteiger partial charge in [-0.1, -0.05) is 290 Å². The second-order valence-corrected chi connectivity index (χ2v) is 28.1. The summed E-state index contributed by atoms with van der Waals surface area (Å²) in [6, 6.07) is -1.00. The van der Waals surface area contributed by atoms with Crippen molar-refractivity contribution in [1.29, 1.82) is 0 Å².